The Labute approximate surface area is 128 Å². The largest absolute Gasteiger partial charge is 0.479 e. The van der Waals surface area contributed by atoms with Crippen LogP contribution >= 0.6 is 11.6 Å². The van der Waals surface area contributed by atoms with E-state index in [0.717, 1.165) is 0 Å². The summed E-state index contributed by atoms with van der Waals surface area (Å²) < 4.78 is 10.3. The van der Waals surface area contributed by atoms with Crippen LogP contribution in [0.2, 0.25) is 5.02 Å². The number of carboxylic acids is 1. The molecule has 0 aromatic heterocycles. The third kappa shape index (κ3) is 5.61. The lowest BCUT2D eigenvalue weighted by Gasteiger charge is -2.15. The summed E-state index contributed by atoms with van der Waals surface area (Å²) in [6.45, 7) is 2.65. The monoisotopic (exact) mass is 315 g/mol. The standard InChI is InChI=1S/C14H18ClNO5/c1-9(13(17)16-6-3-7-20-2)21-12-5-4-10(14(18)19)8-11(12)15/h4-5,8-9H,3,6-7H2,1-2H3,(H,16,17)(H,18,19). The van der Waals surface area contributed by atoms with Crippen LogP contribution < -0.4 is 10.1 Å². The first-order valence-electron chi connectivity index (χ1n) is 6.42. The zero-order valence-corrected chi connectivity index (χ0v) is 12.6. The van der Waals surface area contributed by atoms with E-state index in [4.69, 9.17) is 26.2 Å². The Bertz CT molecular complexity index is 506. The third-order valence-electron chi connectivity index (χ3n) is 2.68. The Morgan fingerprint density at radius 3 is 2.71 bits per heavy atom. The second-order valence-corrected chi connectivity index (χ2v) is 4.76. The van der Waals surface area contributed by atoms with Crippen LogP contribution in [0.4, 0.5) is 0 Å². The van der Waals surface area contributed by atoms with Crippen molar-refractivity contribution in [2.24, 2.45) is 0 Å². The van der Waals surface area contributed by atoms with Crippen molar-refractivity contribution in [3.8, 4) is 5.75 Å². The Hall–Kier alpha value is -1.79. The average Bonchev–Trinajstić information content (AvgIpc) is 2.45. The molecular formula is C14H18ClNO5. The second-order valence-electron chi connectivity index (χ2n) is 4.35. The topological polar surface area (TPSA) is 84.9 Å². The van der Waals surface area contributed by atoms with Crippen LogP contribution in [-0.2, 0) is 9.53 Å². The molecule has 1 aromatic carbocycles. The molecule has 0 heterocycles. The fourth-order valence-corrected chi connectivity index (χ4v) is 1.77. The molecule has 0 fully saturated rings. The Morgan fingerprint density at radius 2 is 2.14 bits per heavy atom. The summed E-state index contributed by atoms with van der Waals surface area (Å²) in [6, 6.07) is 4.08. The first-order valence-corrected chi connectivity index (χ1v) is 6.79. The molecule has 0 aliphatic heterocycles. The van der Waals surface area contributed by atoms with Gasteiger partial charge in [-0.2, -0.15) is 0 Å². The molecule has 1 atom stereocenters. The molecule has 21 heavy (non-hydrogen) atoms. The fourth-order valence-electron chi connectivity index (χ4n) is 1.55. The molecule has 7 heteroatoms. The first-order chi connectivity index (χ1) is 9.95. The lowest BCUT2D eigenvalue weighted by Crippen LogP contribution is -2.37. The van der Waals surface area contributed by atoms with E-state index in [-0.39, 0.29) is 22.2 Å². The number of halogens is 1. The molecular weight excluding hydrogens is 298 g/mol. The molecule has 0 saturated heterocycles. The summed E-state index contributed by atoms with van der Waals surface area (Å²) in [6.07, 6.45) is -0.0241. The van der Waals surface area contributed by atoms with Gasteiger partial charge in [0.05, 0.1) is 10.6 Å². The maximum absolute atomic E-state index is 11.8. The zero-order valence-electron chi connectivity index (χ0n) is 11.9. The number of nitrogens with one attached hydrogen (secondary N) is 1. The van der Waals surface area contributed by atoms with Gasteiger partial charge in [0, 0.05) is 20.3 Å². The van der Waals surface area contributed by atoms with E-state index < -0.39 is 12.1 Å². The molecule has 0 spiro atoms. The van der Waals surface area contributed by atoms with Gasteiger partial charge in [-0.05, 0) is 31.5 Å². The highest BCUT2D eigenvalue weighted by Crippen LogP contribution is 2.26. The van der Waals surface area contributed by atoms with Crippen LogP contribution in [0.25, 0.3) is 0 Å². The molecule has 2 N–H and O–H groups in total. The number of aromatic carboxylic acids is 1. The molecule has 116 valence electrons. The van der Waals surface area contributed by atoms with Crippen molar-refractivity contribution in [2.45, 2.75) is 19.4 Å². The van der Waals surface area contributed by atoms with Gasteiger partial charge in [0.15, 0.2) is 6.10 Å². The van der Waals surface area contributed by atoms with Crippen molar-refractivity contribution in [3.05, 3.63) is 28.8 Å². The highest BCUT2D eigenvalue weighted by atomic mass is 35.5. The number of carbonyl (C=O) groups excluding carboxylic acids is 1. The lowest BCUT2D eigenvalue weighted by atomic mass is 10.2. The highest BCUT2D eigenvalue weighted by Gasteiger charge is 2.16. The zero-order chi connectivity index (χ0) is 15.8. The number of carbonyl (C=O) groups is 2. The number of methoxy groups -OCH3 is 1. The molecule has 0 aliphatic carbocycles. The quantitative estimate of drug-likeness (QED) is 0.716. The number of hydrogen-bond donors (Lipinski definition) is 2. The maximum Gasteiger partial charge on any atom is 0.335 e. The SMILES string of the molecule is COCCCNC(=O)C(C)Oc1ccc(C(=O)O)cc1Cl. The summed E-state index contributed by atoms with van der Waals surface area (Å²) in [5.74, 6) is -1.09. The third-order valence-corrected chi connectivity index (χ3v) is 2.97. The minimum atomic E-state index is -1.08. The van der Waals surface area contributed by atoms with Crippen LogP contribution in [0, 0.1) is 0 Å². The van der Waals surface area contributed by atoms with Crippen LogP contribution in [-0.4, -0.2) is 43.3 Å². The molecule has 6 nitrogen and oxygen atoms in total. The van der Waals surface area contributed by atoms with E-state index in [1.807, 2.05) is 0 Å². The van der Waals surface area contributed by atoms with Crippen LogP contribution in [0.1, 0.15) is 23.7 Å². The van der Waals surface area contributed by atoms with E-state index in [1.54, 1.807) is 14.0 Å². The summed E-state index contributed by atoms with van der Waals surface area (Å²) in [5.41, 5.74) is 0.0593. The molecule has 1 rings (SSSR count). The van der Waals surface area contributed by atoms with Crippen LogP contribution in [0.15, 0.2) is 18.2 Å². The number of carboxylic acid groups (broad SMARTS) is 1. The molecule has 1 aromatic rings. The van der Waals surface area contributed by atoms with Crippen LogP contribution in [0.3, 0.4) is 0 Å². The molecule has 1 unspecified atom stereocenters. The minimum absolute atomic E-state index is 0.0593. The number of benzene rings is 1. The summed E-state index contributed by atoms with van der Waals surface area (Å²) in [5, 5.41) is 11.7. The number of amides is 1. The van der Waals surface area contributed by atoms with E-state index in [9.17, 15) is 9.59 Å². The Morgan fingerprint density at radius 1 is 1.43 bits per heavy atom. The summed E-state index contributed by atoms with van der Waals surface area (Å²) in [4.78, 5) is 22.6. The van der Waals surface area contributed by atoms with Gasteiger partial charge in [0.1, 0.15) is 5.75 Å². The Balaban J connectivity index is 2.56. The van der Waals surface area contributed by atoms with Gasteiger partial charge in [0.2, 0.25) is 0 Å². The Kier molecular flexibility index (Phi) is 6.98. The number of ether oxygens (including phenoxy) is 2. The van der Waals surface area contributed by atoms with Crippen molar-refractivity contribution in [2.75, 3.05) is 20.3 Å². The van der Waals surface area contributed by atoms with Gasteiger partial charge in [-0.3, -0.25) is 4.79 Å². The van der Waals surface area contributed by atoms with Crippen molar-refractivity contribution >= 4 is 23.5 Å². The van der Waals surface area contributed by atoms with E-state index in [1.165, 1.54) is 18.2 Å². The van der Waals surface area contributed by atoms with Crippen molar-refractivity contribution < 1.29 is 24.2 Å². The maximum atomic E-state index is 11.8. The van der Waals surface area contributed by atoms with Gasteiger partial charge in [0.25, 0.3) is 5.91 Å². The second kappa shape index (κ2) is 8.49. The van der Waals surface area contributed by atoms with Gasteiger partial charge in [-0.15, -0.1) is 0 Å². The number of hydrogen-bond acceptors (Lipinski definition) is 4. The molecule has 0 aliphatic rings. The number of rotatable bonds is 8. The van der Waals surface area contributed by atoms with Gasteiger partial charge >= 0.3 is 5.97 Å². The van der Waals surface area contributed by atoms with Crippen molar-refractivity contribution in [3.63, 3.8) is 0 Å². The minimum Gasteiger partial charge on any atom is -0.479 e. The van der Waals surface area contributed by atoms with E-state index in [0.29, 0.717) is 19.6 Å². The van der Waals surface area contributed by atoms with Crippen LogP contribution in [0.5, 0.6) is 5.75 Å². The fraction of sp³-hybridized carbons (Fsp3) is 0.429. The molecule has 1 amide bonds. The van der Waals surface area contributed by atoms with Gasteiger partial charge in [-0.25, -0.2) is 4.79 Å². The summed E-state index contributed by atoms with van der Waals surface area (Å²) in [7, 11) is 1.59. The predicted molar refractivity (Wildman–Crippen MR) is 78.0 cm³/mol. The highest BCUT2D eigenvalue weighted by molar-refractivity contribution is 6.32. The lowest BCUT2D eigenvalue weighted by molar-refractivity contribution is -0.127. The first kappa shape index (κ1) is 17.3. The molecule has 0 radical (unpaired) electrons. The average molecular weight is 316 g/mol. The smallest absolute Gasteiger partial charge is 0.335 e. The van der Waals surface area contributed by atoms with E-state index in [2.05, 4.69) is 5.32 Å². The van der Waals surface area contributed by atoms with E-state index >= 15 is 0 Å². The molecule has 0 saturated carbocycles. The van der Waals surface area contributed by atoms with Crippen molar-refractivity contribution in [1.82, 2.24) is 5.32 Å². The predicted octanol–water partition coefficient (Wildman–Crippen LogP) is 1.96. The van der Waals surface area contributed by atoms with Crippen molar-refractivity contribution in [1.29, 1.82) is 0 Å². The summed E-state index contributed by atoms with van der Waals surface area (Å²) >= 11 is 5.93. The normalized spacial score (nSPS) is 11.8. The van der Waals surface area contributed by atoms with Gasteiger partial charge in [-0.1, -0.05) is 11.6 Å². The van der Waals surface area contributed by atoms with Gasteiger partial charge < -0.3 is 19.9 Å². The molecule has 0 bridgehead atoms.